The molecule has 29 heavy (non-hydrogen) atoms. The molecule has 4 N–H and O–H groups in total. The fourth-order valence-electron chi connectivity index (χ4n) is 4.03. The van der Waals surface area contributed by atoms with Crippen molar-refractivity contribution in [1.82, 2.24) is 15.6 Å². The Bertz CT molecular complexity index is 1040. The van der Waals surface area contributed by atoms with Gasteiger partial charge in [-0.2, -0.15) is 0 Å². The molecule has 3 aliphatic rings. The molecular weight excluding hydrogens is 360 g/mol. The van der Waals surface area contributed by atoms with Crippen LogP contribution < -0.4 is 16.0 Å². The molecule has 5 rings (SSSR count). The van der Waals surface area contributed by atoms with Gasteiger partial charge in [0.05, 0.1) is 13.1 Å². The zero-order valence-corrected chi connectivity index (χ0v) is 16.6. The van der Waals surface area contributed by atoms with Crippen molar-refractivity contribution in [3.8, 4) is 0 Å². The number of hydrogen-bond donors (Lipinski definition) is 4. The molecule has 1 aromatic heterocycles. The van der Waals surface area contributed by atoms with E-state index in [1.165, 1.54) is 11.3 Å². The molecule has 0 spiro atoms. The van der Waals surface area contributed by atoms with Crippen molar-refractivity contribution in [2.75, 3.05) is 31.5 Å². The van der Waals surface area contributed by atoms with Gasteiger partial charge in [-0.15, -0.1) is 0 Å². The molecule has 0 saturated heterocycles. The van der Waals surface area contributed by atoms with Gasteiger partial charge in [0.2, 0.25) is 0 Å². The van der Waals surface area contributed by atoms with E-state index in [2.05, 4.69) is 86.4 Å². The quantitative estimate of drug-likeness (QED) is 0.638. The number of anilines is 1. The van der Waals surface area contributed by atoms with Crippen LogP contribution in [0, 0.1) is 0 Å². The molecule has 0 bridgehead atoms. The molecule has 0 aliphatic carbocycles. The van der Waals surface area contributed by atoms with E-state index >= 15 is 0 Å². The maximum atomic E-state index is 4.52. The van der Waals surface area contributed by atoms with Crippen LogP contribution in [0.3, 0.4) is 0 Å². The van der Waals surface area contributed by atoms with Gasteiger partial charge in [0, 0.05) is 41.8 Å². The Morgan fingerprint density at radius 1 is 1.03 bits per heavy atom. The summed E-state index contributed by atoms with van der Waals surface area (Å²) < 4.78 is 0. The Labute approximate surface area is 170 Å². The summed E-state index contributed by atoms with van der Waals surface area (Å²) in [5, 5.41) is 10.3. The summed E-state index contributed by atoms with van der Waals surface area (Å²) in [6.45, 7) is 5.68. The van der Waals surface area contributed by atoms with E-state index in [1.807, 2.05) is 0 Å². The number of aromatic nitrogens is 1. The lowest BCUT2D eigenvalue weighted by atomic mass is 10.1. The van der Waals surface area contributed by atoms with Crippen LogP contribution in [0.15, 0.2) is 52.0 Å². The summed E-state index contributed by atoms with van der Waals surface area (Å²) in [5.41, 5.74) is 7.09. The molecule has 1 unspecified atom stereocenters. The lowest BCUT2D eigenvalue weighted by molar-refractivity contribution is 0.928. The van der Waals surface area contributed by atoms with Crippen LogP contribution in [0.4, 0.5) is 5.69 Å². The third-order valence-corrected chi connectivity index (χ3v) is 5.50. The lowest BCUT2D eigenvalue weighted by Gasteiger charge is -2.07. The fourth-order valence-corrected chi connectivity index (χ4v) is 4.03. The monoisotopic (exact) mass is 386 g/mol. The first-order valence-corrected chi connectivity index (χ1v) is 10.3. The van der Waals surface area contributed by atoms with E-state index in [4.69, 9.17) is 0 Å². The minimum atomic E-state index is 0.305. The van der Waals surface area contributed by atoms with Crippen molar-refractivity contribution < 1.29 is 0 Å². The second-order valence-electron chi connectivity index (χ2n) is 7.70. The number of amidine groups is 2. The molecule has 6 heteroatoms. The number of benzene rings is 1. The van der Waals surface area contributed by atoms with Crippen LogP contribution >= 0.6 is 0 Å². The highest BCUT2D eigenvalue weighted by Crippen LogP contribution is 2.28. The van der Waals surface area contributed by atoms with Gasteiger partial charge in [-0.25, -0.2) is 0 Å². The maximum absolute atomic E-state index is 4.52. The van der Waals surface area contributed by atoms with Crippen molar-refractivity contribution in [2.45, 2.75) is 19.4 Å². The summed E-state index contributed by atoms with van der Waals surface area (Å²) in [6.07, 6.45) is 7.54. The van der Waals surface area contributed by atoms with Gasteiger partial charge in [0.1, 0.15) is 11.7 Å². The summed E-state index contributed by atoms with van der Waals surface area (Å²) in [7, 11) is 0. The van der Waals surface area contributed by atoms with Crippen LogP contribution in [0.1, 0.15) is 29.4 Å². The molecule has 0 amide bonds. The average Bonchev–Trinajstić information content (AvgIpc) is 3.53. The molecule has 0 radical (unpaired) electrons. The predicted molar refractivity (Wildman–Crippen MR) is 121 cm³/mol. The number of nitrogens with zero attached hydrogens (tertiary/aromatic N) is 2. The topological polar surface area (TPSA) is 76.6 Å². The summed E-state index contributed by atoms with van der Waals surface area (Å²) in [5.74, 6) is 2.01. The van der Waals surface area contributed by atoms with Gasteiger partial charge in [-0.1, -0.05) is 18.2 Å². The van der Waals surface area contributed by atoms with Crippen molar-refractivity contribution >= 4 is 29.5 Å². The molecule has 2 aromatic rings. The summed E-state index contributed by atoms with van der Waals surface area (Å²) >= 11 is 0. The van der Waals surface area contributed by atoms with Crippen molar-refractivity contribution in [1.29, 1.82) is 0 Å². The molecule has 4 heterocycles. The van der Waals surface area contributed by atoms with E-state index in [-0.39, 0.29) is 0 Å². The first-order valence-electron chi connectivity index (χ1n) is 10.3. The molecule has 1 aromatic carbocycles. The van der Waals surface area contributed by atoms with Crippen LogP contribution in [-0.2, 0) is 6.42 Å². The van der Waals surface area contributed by atoms with Crippen LogP contribution in [0.25, 0.3) is 12.2 Å². The van der Waals surface area contributed by atoms with Gasteiger partial charge < -0.3 is 20.9 Å². The molecule has 0 fully saturated rings. The normalized spacial score (nSPS) is 20.9. The number of nitrogens with one attached hydrogen (secondary N) is 4. The minimum absolute atomic E-state index is 0.305. The number of fused-ring (bicyclic) bond motifs is 1. The number of H-pyrrole nitrogens is 1. The molecule has 6 nitrogen and oxygen atoms in total. The molecule has 3 aliphatic heterocycles. The summed E-state index contributed by atoms with van der Waals surface area (Å²) in [4.78, 5) is 12.4. The Morgan fingerprint density at radius 2 is 1.90 bits per heavy atom. The van der Waals surface area contributed by atoms with Crippen molar-refractivity contribution in [2.24, 2.45) is 9.98 Å². The first-order chi connectivity index (χ1) is 14.2. The zero-order valence-electron chi connectivity index (χ0n) is 16.6. The predicted octanol–water partition coefficient (Wildman–Crippen LogP) is 2.82. The smallest absolute Gasteiger partial charge is 0.128 e. The van der Waals surface area contributed by atoms with Gasteiger partial charge in [0.25, 0.3) is 0 Å². The Kier molecular flexibility index (Phi) is 4.68. The number of rotatable bonds is 5. The van der Waals surface area contributed by atoms with E-state index in [0.29, 0.717) is 6.04 Å². The second kappa shape index (κ2) is 7.62. The van der Waals surface area contributed by atoms with E-state index < -0.39 is 0 Å². The third-order valence-electron chi connectivity index (χ3n) is 5.50. The van der Waals surface area contributed by atoms with Gasteiger partial charge in [-0.05, 0) is 54.8 Å². The third kappa shape index (κ3) is 3.83. The molecular formula is C23H26N6. The zero-order chi connectivity index (χ0) is 19.6. The summed E-state index contributed by atoms with van der Waals surface area (Å²) in [6, 6.07) is 11.1. The highest BCUT2D eigenvalue weighted by molar-refractivity contribution is 6.02. The first kappa shape index (κ1) is 17.8. The van der Waals surface area contributed by atoms with Crippen molar-refractivity contribution in [3.63, 3.8) is 0 Å². The highest BCUT2D eigenvalue weighted by atomic mass is 15.1. The molecule has 0 saturated carbocycles. The fraction of sp³-hybridized carbons (Fsp3) is 0.304. The lowest BCUT2D eigenvalue weighted by Crippen LogP contribution is -2.19. The van der Waals surface area contributed by atoms with Crippen LogP contribution in [-0.4, -0.2) is 48.9 Å². The van der Waals surface area contributed by atoms with E-state index in [0.717, 1.165) is 66.8 Å². The standard InChI is InChI=1S/C23H26N6/c1-15(22-24-8-9-25-22)12-19-6-4-18(28-19)5-7-20-13-16-2-3-17(14-21(16)29-20)23-26-10-11-27-23/h2-7,12,14,20,28-29H,8-11,13H2,1H3,(H,24,25)(H,26,27)/b7-5+,15-12+. The molecule has 1 atom stereocenters. The number of aliphatic imine (C=N–C) groups is 2. The van der Waals surface area contributed by atoms with Gasteiger partial charge >= 0.3 is 0 Å². The highest BCUT2D eigenvalue weighted by Gasteiger charge is 2.20. The number of aromatic amines is 1. The van der Waals surface area contributed by atoms with Crippen LogP contribution in [0.5, 0.6) is 0 Å². The second-order valence-corrected chi connectivity index (χ2v) is 7.70. The van der Waals surface area contributed by atoms with Crippen LogP contribution in [0.2, 0.25) is 0 Å². The average molecular weight is 387 g/mol. The number of hydrogen-bond acceptors (Lipinski definition) is 5. The molecule has 148 valence electrons. The van der Waals surface area contributed by atoms with Gasteiger partial charge in [0.15, 0.2) is 0 Å². The maximum Gasteiger partial charge on any atom is 0.128 e. The Morgan fingerprint density at radius 3 is 2.72 bits per heavy atom. The Hall–Kier alpha value is -3.28. The van der Waals surface area contributed by atoms with E-state index in [1.54, 1.807) is 0 Å². The van der Waals surface area contributed by atoms with Crippen molar-refractivity contribution in [3.05, 3.63) is 64.5 Å². The van der Waals surface area contributed by atoms with E-state index in [9.17, 15) is 0 Å². The Balaban J connectivity index is 1.24. The minimum Gasteiger partial charge on any atom is -0.378 e. The largest absolute Gasteiger partial charge is 0.378 e. The SMILES string of the molecule is C/C(=C\c1ccc(/C=C/C2Cc3ccc(C4=NCCN4)cc3N2)[nH]1)C1=NCCN1. The van der Waals surface area contributed by atoms with Gasteiger partial charge in [-0.3, -0.25) is 9.98 Å².